The molecule has 0 fully saturated rings. The van der Waals surface area contributed by atoms with E-state index in [0.29, 0.717) is 11.1 Å². The zero-order chi connectivity index (χ0) is 14.0. The van der Waals surface area contributed by atoms with E-state index >= 15 is 0 Å². The number of ether oxygens (including phenoxy) is 1. The average Bonchev–Trinajstić information content (AvgIpc) is 2.27. The van der Waals surface area contributed by atoms with E-state index in [2.05, 4.69) is 0 Å². The lowest BCUT2D eigenvalue weighted by atomic mass is 9.93. The third-order valence-electron chi connectivity index (χ3n) is 2.49. The predicted octanol–water partition coefficient (Wildman–Crippen LogP) is 1.81. The van der Waals surface area contributed by atoms with Crippen molar-refractivity contribution in [1.29, 1.82) is 0 Å². The van der Waals surface area contributed by atoms with Gasteiger partial charge in [0.2, 0.25) is 0 Å². The summed E-state index contributed by atoms with van der Waals surface area (Å²) in [6, 6.07) is 6.84. The van der Waals surface area contributed by atoms with Crippen LogP contribution in [0.2, 0.25) is 0 Å². The van der Waals surface area contributed by atoms with E-state index < -0.39 is 17.1 Å². The lowest BCUT2D eigenvalue weighted by Gasteiger charge is -2.23. The second-order valence-electron chi connectivity index (χ2n) is 5.66. The maximum absolute atomic E-state index is 11.9. The Balaban J connectivity index is 2.99. The smallest absolute Gasteiger partial charge is 0.338 e. The van der Waals surface area contributed by atoms with Crippen molar-refractivity contribution in [3.8, 4) is 0 Å². The highest BCUT2D eigenvalue weighted by molar-refractivity contribution is 5.89. The fraction of sp³-hybridized carbons (Fsp3) is 0.500. The molecule has 0 bridgehead atoms. The highest BCUT2D eigenvalue weighted by Crippen LogP contribution is 2.20. The van der Waals surface area contributed by atoms with Gasteiger partial charge >= 0.3 is 5.97 Å². The molecule has 1 atom stereocenters. The maximum Gasteiger partial charge on any atom is 0.338 e. The molecule has 0 heterocycles. The number of aliphatic hydroxyl groups excluding tert-OH is 1. The van der Waals surface area contributed by atoms with Gasteiger partial charge in [-0.25, -0.2) is 4.79 Å². The molecule has 0 saturated heterocycles. The predicted molar refractivity (Wildman–Crippen MR) is 70.2 cm³/mol. The van der Waals surface area contributed by atoms with Crippen LogP contribution in [0, 0.1) is 0 Å². The fourth-order valence-electron chi connectivity index (χ4n) is 1.43. The van der Waals surface area contributed by atoms with Crippen LogP contribution in [0.1, 0.15) is 43.6 Å². The lowest BCUT2D eigenvalue weighted by Crippen LogP contribution is -2.37. The van der Waals surface area contributed by atoms with E-state index in [1.807, 2.05) is 20.8 Å². The topological polar surface area (TPSA) is 72.5 Å². The zero-order valence-corrected chi connectivity index (χ0v) is 11.4. The molecule has 4 nitrogen and oxygen atoms in total. The van der Waals surface area contributed by atoms with Crippen LogP contribution in [-0.2, 0) is 10.3 Å². The molecule has 0 amide bonds. The highest BCUT2D eigenvalue weighted by Gasteiger charge is 2.23. The van der Waals surface area contributed by atoms with E-state index in [1.165, 1.54) is 0 Å². The first-order valence-corrected chi connectivity index (χ1v) is 5.89. The number of rotatable bonds is 3. The molecule has 3 N–H and O–H groups in total. The molecule has 0 aliphatic rings. The van der Waals surface area contributed by atoms with E-state index in [4.69, 9.17) is 10.5 Å². The second kappa shape index (κ2) is 5.08. The van der Waals surface area contributed by atoms with Gasteiger partial charge < -0.3 is 15.6 Å². The summed E-state index contributed by atoms with van der Waals surface area (Å²) in [4.78, 5) is 11.9. The summed E-state index contributed by atoms with van der Waals surface area (Å²) < 4.78 is 5.28. The molecule has 1 unspecified atom stereocenters. The van der Waals surface area contributed by atoms with Gasteiger partial charge in [-0.1, -0.05) is 12.1 Å². The summed E-state index contributed by atoms with van der Waals surface area (Å²) in [7, 11) is 0. The van der Waals surface area contributed by atoms with Crippen molar-refractivity contribution in [2.24, 2.45) is 5.73 Å². The van der Waals surface area contributed by atoms with Crippen LogP contribution in [0.4, 0.5) is 0 Å². The molecule has 100 valence electrons. The Hall–Kier alpha value is -1.39. The number of esters is 1. The molecular formula is C14H21NO3. The van der Waals surface area contributed by atoms with Crippen LogP contribution in [0.25, 0.3) is 0 Å². The quantitative estimate of drug-likeness (QED) is 0.804. The van der Waals surface area contributed by atoms with Crippen LogP contribution in [-0.4, -0.2) is 23.3 Å². The van der Waals surface area contributed by atoms with E-state index in [1.54, 1.807) is 31.2 Å². The van der Waals surface area contributed by atoms with Gasteiger partial charge in [0.1, 0.15) is 5.60 Å². The molecule has 1 rings (SSSR count). The summed E-state index contributed by atoms with van der Waals surface area (Å²) >= 11 is 0. The molecule has 1 aromatic rings. The van der Waals surface area contributed by atoms with Gasteiger partial charge in [0.05, 0.1) is 17.7 Å². The Labute approximate surface area is 108 Å². The molecule has 0 spiro atoms. The van der Waals surface area contributed by atoms with Gasteiger partial charge in [-0.15, -0.1) is 0 Å². The van der Waals surface area contributed by atoms with Crippen LogP contribution in [0.15, 0.2) is 24.3 Å². The van der Waals surface area contributed by atoms with Crippen LogP contribution in [0.3, 0.4) is 0 Å². The van der Waals surface area contributed by atoms with Crippen molar-refractivity contribution in [2.45, 2.75) is 38.8 Å². The van der Waals surface area contributed by atoms with Gasteiger partial charge in [0.25, 0.3) is 0 Å². The normalized spacial score (nSPS) is 15.0. The van der Waals surface area contributed by atoms with Gasteiger partial charge in [-0.05, 0) is 45.4 Å². The maximum atomic E-state index is 11.9. The van der Waals surface area contributed by atoms with E-state index in [9.17, 15) is 9.90 Å². The number of carbonyl (C=O) groups excluding carboxylic acids is 1. The molecule has 4 heteroatoms. The zero-order valence-electron chi connectivity index (χ0n) is 11.4. The third kappa shape index (κ3) is 3.82. The summed E-state index contributed by atoms with van der Waals surface area (Å²) in [5.74, 6) is -0.391. The first-order valence-electron chi connectivity index (χ1n) is 5.89. The van der Waals surface area contributed by atoms with E-state index in [0.717, 1.165) is 0 Å². The van der Waals surface area contributed by atoms with Gasteiger partial charge in [0.15, 0.2) is 0 Å². The SMILES string of the molecule is CC(C)(C)OC(=O)c1cccc(C(C)(N)CO)c1. The minimum Gasteiger partial charge on any atom is -0.456 e. The van der Waals surface area contributed by atoms with Crippen molar-refractivity contribution < 1.29 is 14.6 Å². The molecule has 1 aromatic carbocycles. The van der Waals surface area contributed by atoms with Crippen molar-refractivity contribution in [3.63, 3.8) is 0 Å². The average molecular weight is 251 g/mol. The molecule has 0 aliphatic carbocycles. The number of carbonyl (C=O) groups is 1. The largest absolute Gasteiger partial charge is 0.456 e. The first kappa shape index (κ1) is 14.7. The molecule has 0 saturated carbocycles. The van der Waals surface area contributed by atoms with Crippen LogP contribution < -0.4 is 5.73 Å². The molecule has 0 radical (unpaired) electrons. The van der Waals surface area contributed by atoms with Gasteiger partial charge in [0, 0.05) is 0 Å². The summed E-state index contributed by atoms with van der Waals surface area (Å²) in [5.41, 5.74) is 5.68. The molecular weight excluding hydrogens is 230 g/mol. The monoisotopic (exact) mass is 251 g/mol. The Morgan fingerprint density at radius 2 is 1.94 bits per heavy atom. The van der Waals surface area contributed by atoms with Gasteiger partial charge in [-0.3, -0.25) is 0 Å². The highest BCUT2D eigenvalue weighted by atomic mass is 16.6. The minimum atomic E-state index is -0.863. The van der Waals surface area contributed by atoms with Gasteiger partial charge in [-0.2, -0.15) is 0 Å². The van der Waals surface area contributed by atoms with Crippen molar-refractivity contribution in [2.75, 3.05) is 6.61 Å². The summed E-state index contributed by atoms with van der Waals surface area (Å²) in [5, 5.41) is 9.22. The Bertz CT molecular complexity index is 433. The standard InChI is InChI=1S/C14H21NO3/c1-13(2,3)18-12(17)10-6-5-7-11(8-10)14(4,15)9-16/h5-8,16H,9,15H2,1-4H3. The van der Waals surface area contributed by atoms with Crippen LogP contribution in [0.5, 0.6) is 0 Å². The molecule has 18 heavy (non-hydrogen) atoms. The number of benzene rings is 1. The number of hydrogen-bond donors (Lipinski definition) is 2. The Kier molecular flexibility index (Phi) is 4.14. The van der Waals surface area contributed by atoms with E-state index in [-0.39, 0.29) is 6.61 Å². The van der Waals surface area contributed by atoms with Crippen molar-refractivity contribution >= 4 is 5.97 Å². The number of nitrogens with two attached hydrogens (primary N) is 1. The lowest BCUT2D eigenvalue weighted by molar-refractivity contribution is 0.00692. The fourth-order valence-corrected chi connectivity index (χ4v) is 1.43. The van der Waals surface area contributed by atoms with Crippen molar-refractivity contribution in [1.82, 2.24) is 0 Å². The van der Waals surface area contributed by atoms with Crippen LogP contribution >= 0.6 is 0 Å². The molecule has 0 aliphatic heterocycles. The third-order valence-corrected chi connectivity index (χ3v) is 2.49. The Morgan fingerprint density at radius 1 is 1.33 bits per heavy atom. The Morgan fingerprint density at radius 3 is 2.44 bits per heavy atom. The number of hydrogen-bond acceptors (Lipinski definition) is 4. The van der Waals surface area contributed by atoms with Crippen molar-refractivity contribution in [3.05, 3.63) is 35.4 Å². The first-order chi connectivity index (χ1) is 8.15. The number of aliphatic hydroxyl groups is 1. The minimum absolute atomic E-state index is 0.190. The summed E-state index contributed by atoms with van der Waals surface area (Å²) in [6.45, 7) is 6.96. The molecule has 0 aromatic heterocycles. The summed E-state index contributed by atoms with van der Waals surface area (Å²) in [6.07, 6.45) is 0. The second-order valence-corrected chi connectivity index (χ2v) is 5.66.